The molecule has 1 aromatic rings. The van der Waals surface area contributed by atoms with Crippen molar-refractivity contribution in [3.05, 3.63) is 53.6 Å². The molecule has 0 spiro atoms. The molecule has 2 rings (SSSR count). The van der Waals surface area contributed by atoms with Crippen molar-refractivity contribution in [2.75, 3.05) is 0 Å². The van der Waals surface area contributed by atoms with Crippen LogP contribution in [0, 0.1) is 5.41 Å². The van der Waals surface area contributed by atoms with E-state index in [4.69, 9.17) is 5.11 Å². The van der Waals surface area contributed by atoms with Gasteiger partial charge in [-0.25, -0.2) is 4.79 Å². The Bertz CT molecular complexity index is 655. The summed E-state index contributed by atoms with van der Waals surface area (Å²) in [6.07, 6.45) is 1.78. The summed E-state index contributed by atoms with van der Waals surface area (Å²) in [5.41, 5.74) is -1.66. The lowest BCUT2D eigenvalue weighted by Gasteiger charge is -2.27. The summed E-state index contributed by atoms with van der Waals surface area (Å²) in [5, 5.41) is 27.7. The van der Waals surface area contributed by atoms with Crippen LogP contribution in [0.3, 0.4) is 0 Å². The van der Waals surface area contributed by atoms with Gasteiger partial charge < -0.3 is 15.3 Å². The lowest BCUT2D eigenvalue weighted by molar-refractivity contribution is -0.160. The molecule has 0 saturated heterocycles. The largest absolute Gasteiger partial charge is 0.480 e. The topological polar surface area (TPSA) is 112 Å². The van der Waals surface area contributed by atoms with Crippen LogP contribution in [0.5, 0.6) is 0 Å². The number of rotatable bonds is 4. The summed E-state index contributed by atoms with van der Waals surface area (Å²) in [6, 6.07) is 8.51. The Hall–Kier alpha value is -2.89. The van der Waals surface area contributed by atoms with Crippen molar-refractivity contribution >= 4 is 23.5 Å². The van der Waals surface area contributed by atoms with Crippen LogP contribution >= 0.6 is 0 Å². The lowest BCUT2D eigenvalue weighted by atomic mass is 9.74. The van der Waals surface area contributed by atoms with E-state index in [-0.39, 0.29) is 12.0 Å². The molecule has 1 aromatic carbocycles. The molecule has 0 aromatic heterocycles. The Morgan fingerprint density at radius 1 is 0.952 bits per heavy atom. The van der Waals surface area contributed by atoms with E-state index in [1.807, 2.05) is 0 Å². The van der Waals surface area contributed by atoms with Crippen molar-refractivity contribution in [3.63, 3.8) is 0 Å². The smallest absolute Gasteiger partial charge is 0.335 e. The van der Waals surface area contributed by atoms with E-state index in [9.17, 15) is 24.6 Å². The molecule has 0 bridgehead atoms. The molecular formula is C15H12O6. The monoisotopic (exact) mass is 288 g/mol. The van der Waals surface area contributed by atoms with Crippen LogP contribution in [0.4, 0.5) is 0 Å². The maximum atomic E-state index is 11.4. The minimum absolute atomic E-state index is 0.307. The summed E-state index contributed by atoms with van der Waals surface area (Å²) in [7, 11) is 0. The van der Waals surface area contributed by atoms with Gasteiger partial charge in [-0.2, -0.15) is 0 Å². The standard InChI is InChI=1S/C15H12O6/c16-12(17)11-6-10(9-4-2-1-3-5-9)7-15(8-11,13(18)19)14(20)21/h1-6,8H,7H2,(H,16,17)(H,18,19)(H,20,21). The van der Waals surface area contributed by atoms with E-state index in [0.29, 0.717) is 11.1 Å². The summed E-state index contributed by atoms with van der Waals surface area (Å²) >= 11 is 0. The number of hydrogen-bond acceptors (Lipinski definition) is 3. The van der Waals surface area contributed by atoms with Gasteiger partial charge in [0, 0.05) is 6.42 Å². The molecule has 0 unspecified atom stereocenters. The average Bonchev–Trinajstić information content (AvgIpc) is 2.47. The van der Waals surface area contributed by atoms with Gasteiger partial charge >= 0.3 is 17.9 Å². The van der Waals surface area contributed by atoms with Gasteiger partial charge in [0.05, 0.1) is 5.57 Å². The molecule has 0 aliphatic heterocycles. The number of carbonyl (C=O) groups is 3. The number of hydrogen-bond donors (Lipinski definition) is 3. The highest BCUT2D eigenvalue weighted by Gasteiger charge is 2.47. The highest BCUT2D eigenvalue weighted by atomic mass is 16.4. The Kier molecular flexibility index (Phi) is 3.62. The minimum atomic E-state index is -2.27. The predicted octanol–water partition coefficient (Wildman–Crippen LogP) is 1.64. The number of benzene rings is 1. The van der Waals surface area contributed by atoms with Crippen molar-refractivity contribution in [2.24, 2.45) is 5.41 Å². The number of allylic oxidation sites excluding steroid dienone is 1. The zero-order valence-corrected chi connectivity index (χ0v) is 10.8. The van der Waals surface area contributed by atoms with E-state index in [1.54, 1.807) is 30.3 Å². The fourth-order valence-corrected chi connectivity index (χ4v) is 2.22. The fourth-order valence-electron chi connectivity index (χ4n) is 2.22. The van der Waals surface area contributed by atoms with Gasteiger partial charge in [0.15, 0.2) is 5.41 Å². The second kappa shape index (κ2) is 5.24. The summed E-state index contributed by atoms with van der Waals surface area (Å²) in [5.74, 6) is -4.54. The molecule has 0 atom stereocenters. The Morgan fingerprint density at radius 2 is 1.52 bits per heavy atom. The first-order chi connectivity index (χ1) is 9.86. The number of aliphatic carboxylic acids is 3. The molecule has 0 saturated carbocycles. The zero-order valence-electron chi connectivity index (χ0n) is 10.8. The average molecular weight is 288 g/mol. The van der Waals surface area contributed by atoms with Crippen LogP contribution in [0.15, 0.2) is 48.1 Å². The second-order valence-electron chi connectivity index (χ2n) is 4.70. The molecule has 0 fully saturated rings. The zero-order chi connectivity index (χ0) is 15.6. The van der Waals surface area contributed by atoms with Gasteiger partial charge in [-0.3, -0.25) is 9.59 Å². The third kappa shape index (κ3) is 2.55. The molecular weight excluding hydrogens is 276 g/mol. The van der Waals surface area contributed by atoms with E-state index in [2.05, 4.69) is 0 Å². The van der Waals surface area contributed by atoms with Crippen molar-refractivity contribution in [1.82, 2.24) is 0 Å². The van der Waals surface area contributed by atoms with Crippen molar-refractivity contribution in [2.45, 2.75) is 6.42 Å². The molecule has 1 aliphatic rings. The van der Waals surface area contributed by atoms with Crippen LogP contribution in [0.1, 0.15) is 12.0 Å². The molecule has 3 N–H and O–H groups in total. The van der Waals surface area contributed by atoms with Gasteiger partial charge in [-0.15, -0.1) is 0 Å². The highest BCUT2D eigenvalue weighted by Crippen LogP contribution is 2.39. The van der Waals surface area contributed by atoms with E-state index in [1.165, 1.54) is 6.08 Å². The molecule has 108 valence electrons. The molecule has 0 amide bonds. The van der Waals surface area contributed by atoms with Gasteiger partial charge in [-0.1, -0.05) is 30.3 Å². The maximum Gasteiger partial charge on any atom is 0.335 e. The molecule has 6 heteroatoms. The SMILES string of the molecule is O=C(O)C1=CC(C(=O)O)(C(=O)O)CC(c2ccccc2)=C1. The Balaban J connectivity index is 2.60. The molecule has 21 heavy (non-hydrogen) atoms. The molecule has 1 aliphatic carbocycles. The maximum absolute atomic E-state index is 11.4. The third-order valence-electron chi connectivity index (χ3n) is 3.36. The van der Waals surface area contributed by atoms with E-state index >= 15 is 0 Å². The summed E-state index contributed by atoms with van der Waals surface area (Å²) in [4.78, 5) is 34.0. The first-order valence-electron chi connectivity index (χ1n) is 6.06. The first-order valence-corrected chi connectivity index (χ1v) is 6.06. The quantitative estimate of drug-likeness (QED) is 0.726. The van der Waals surface area contributed by atoms with Crippen LogP contribution in [-0.4, -0.2) is 33.2 Å². The molecule has 0 heterocycles. The van der Waals surface area contributed by atoms with Crippen LogP contribution in [-0.2, 0) is 14.4 Å². The van der Waals surface area contributed by atoms with E-state index in [0.717, 1.165) is 6.08 Å². The van der Waals surface area contributed by atoms with Crippen molar-refractivity contribution in [3.8, 4) is 0 Å². The Morgan fingerprint density at radius 3 is 2.00 bits per heavy atom. The van der Waals surface area contributed by atoms with Crippen LogP contribution < -0.4 is 0 Å². The van der Waals surface area contributed by atoms with E-state index < -0.39 is 23.3 Å². The highest BCUT2D eigenvalue weighted by molar-refractivity contribution is 6.06. The predicted molar refractivity (Wildman–Crippen MR) is 72.5 cm³/mol. The normalized spacial score (nSPS) is 16.6. The van der Waals surface area contributed by atoms with Crippen LogP contribution in [0.25, 0.3) is 5.57 Å². The molecule has 6 nitrogen and oxygen atoms in total. The van der Waals surface area contributed by atoms with Crippen LogP contribution in [0.2, 0.25) is 0 Å². The van der Waals surface area contributed by atoms with Crippen molar-refractivity contribution < 1.29 is 29.7 Å². The van der Waals surface area contributed by atoms with Crippen molar-refractivity contribution in [1.29, 1.82) is 0 Å². The van der Waals surface area contributed by atoms with Gasteiger partial charge in [0.25, 0.3) is 0 Å². The first kappa shape index (κ1) is 14.5. The van der Waals surface area contributed by atoms with Gasteiger partial charge in [0.1, 0.15) is 0 Å². The Labute approximate surface area is 119 Å². The fraction of sp³-hybridized carbons (Fsp3) is 0.133. The second-order valence-corrected chi connectivity index (χ2v) is 4.70. The summed E-state index contributed by atoms with van der Waals surface area (Å²) in [6.45, 7) is 0. The third-order valence-corrected chi connectivity index (χ3v) is 3.36. The lowest BCUT2D eigenvalue weighted by Crippen LogP contribution is -2.39. The molecule has 0 radical (unpaired) electrons. The summed E-state index contributed by atoms with van der Waals surface area (Å²) < 4.78 is 0. The number of carboxylic acids is 3. The minimum Gasteiger partial charge on any atom is -0.480 e. The van der Waals surface area contributed by atoms with Gasteiger partial charge in [-0.05, 0) is 23.3 Å². The number of carboxylic acid groups (broad SMARTS) is 3. The van der Waals surface area contributed by atoms with Gasteiger partial charge in [0.2, 0.25) is 0 Å².